The second-order valence-electron chi connectivity index (χ2n) is 5.43. The Bertz CT molecular complexity index is 1240. The van der Waals surface area contributed by atoms with Crippen LogP contribution in [0.5, 0.6) is 0 Å². The second-order valence-corrected chi connectivity index (χ2v) is 6.38. The Kier molecular flexibility index (Phi) is 3.88. The Hall–Kier alpha value is -3.67. The van der Waals surface area contributed by atoms with E-state index in [9.17, 15) is 14.9 Å². The van der Waals surface area contributed by atoms with E-state index in [1.807, 2.05) is 0 Å². The third kappa shape index (κ3) is 2.71. The number of rotatable bonds is 4. The number of nitro groups is 1. The first-order valence-corrected chi connectivity index (χ1v) is 8.37. The third-order valence-electron chi connectivity index (χ3n) is 3.81. The average Bonchev–Trinajstić information content (AvgIpc) is 3.21. The van der Waals surface area contributed by atoms with Crippen LogP contribution in [-0.2, 0) is 0 Å². The summed E-state index contributed by atoms with van der Waals surface area (Å²) >= 11 is 0.790. The SMILES string of the molecule is Cc1occc1-c1nnc(Sc2nc3ccccn3c(=O)c2[N+](=O)[O-])n1N. The van der Waals surface area contributed by atoms with Crippen LogP contribution in [0.1, 0.15) is 5.76 Å². The molecule has 4 heterocycles. The van der Waals surface area contributed by atoms with Crippen molar-refractivity contribution < 1.29 is 9.34 Å². The smallest absolute Gasteiger partial charge is 0.366 e. The maximum absolute atomic E-state index is 12.5. The topological polar surface area (TPSA) is 147 Å². The molecule has 0 atom stereocenters. The van der Waals surface area contributed by atoms with Gasteiger partial charge in [-0.25, -0.2) is 9.66 Å². The number of nitrogen functional groups attached to an aromatic ring is 1. The molecule has 2 N–H and O–H groups in total. The summed E-state index contributed by atoms with van der Waals surface area (Å²) in [5.41, 5.74) is -0.544. The molecule has 0 spiro atoms. The molecule has 0 saturated carbocycles. The van der Waals surface area contributed by atoms with Gasteiger partial charge in [0.25, 0.3) is 0 Å². The number of pyridine rings is 1. The van der Waals surface area contributed by atoms with E-state index in [1.54, 1.807) is 31.2 Å². The molecule has 136 valence electrons. The summed E-state index contributed by atoms with van der Waals surface area (Å²) in [6.07, 6.45) is 2.90. The minimum atomic E-state index is -0.790. The van der Waals surface area contributed by atoms with Crippen LogP contribution in [0.2, 0.25) is 0 Å². The molecular formula is C15H11N7O4S. The van der Waals surface area contributed by atoms with E-state index in [1.165, 1.54) is 17.1 Å². The summed E-state index contributed by atoms with van der Waals surface area (Å²) < 4.78 is 7.50. The summed E-state index contributed by atoms with van der Waals surface area (Å²) in [5.74, 6) is 6.96. The van der Waals surface area contributed by atoms with Crippen LogP contribution in [0.15, 0.2) is 56.1 Å². The highest BCUT2D eigenvalue weighted by Crippen LogP contribution is 2.32. The van der Waals surface area contributed by atoms with Crippen molar-refractivity contribution in [3.05, 3.63) is 63.0 Å². The molecule has 4 aromatic heterocycles. The summed E-state index contributed by atoms with van der Waals surface area (Å²) in [7, 11) is 0. The molecule has 0 radical (unpaired) electrons. The van der Waals surface area contributed by atoms with E-state index in [2.05, 4.69) is 15.2 Å². The fourth-order valence-corrected chi connectivity index (χ4v) is 3.36. The number of fused-ring (bicyclic) bond motifs is 1. The van der Waals surface area contributed by atoms with Crippen molar-refractivity contribution in [1.82, 2.24) is 24.3 Å². The molecule has 0 unspecified atom stereocenters. The van der Waals surface area contributed by atoms with Gasteiger partial charge in [0, 0.05) is 6.20 Å². The minimum absolute atomic E-state index is 0.120. The van der Waals surface area contributed by atoms with Gasteiger partial charge >= 0.3 is 11.2 Å². The van der Waals surface area contributed by atoms with Gasteiger partial charge in [-0.05, 0) is 36.9 Å². The molecule has 27 heavy (non-hydrogen) atoms. The third-order valence-corrected chi connectivity index (χ3v) is 4.75. The number of hydrogen-bond donors (Lipinski definition) is 1. The fourth-order valence-electron chi connectivity index (χ4n) is 2.52. The van der Waals surface area contributed by atoms with E-state index < -0.39 is 16.2 Å². The van der Waals surface area contributed by atoms with Gasteiger partial charge in [0.15, 0.2) is 10.9 Å². The van der Waals surface area contributed by atoms with Crippen molar-refractivity contribution in [2.45, 2.75) is 17.1 Å². The molecule has 4 rings (SSSR count). The molecule has 0 fully saturated rings. The molecule has 12 heteroatoms. The van der Waals surface area contributed by atoms with Crippen LogP contribution in [-0.4, -0.2) is 29.2 Å². The number of aryl methyl sites for hydroxylation is 1. The predicted octanol–water partition coefficient (Wildman–Crippen LogP) is 1.63. The standard InChI is InChI=1S/C15H11N7O4S/c1-8-9(5-7-26-8)12-18-19-15(21(12)16)27-13-11(22(24)25)14(23)20-6-3-2-4-10(20)17-13/h2-7H,16H2,1H3. The first kappa shape index (κ1) is 16.8. The number of nitrogens with zero attached hydrogens (tertiary/aromatic N) is 6. The van der Waals surface area contributed by atoms with Crippen molar-refractivity contribution in [3.8, 4) is 11.4 Å². The van der Waals surface area contributed by atoms with Gasteiger partial charge in [0.05, 0.1) is 16.7 Å². The number of furan rings is 1. The van der Waals surface area contributed by atoms with Crippen LogP contribution in [0.25, 0.3) is 17.0 Å². The van der Waals surface area contributed by atoms with Crippen LogP contribution in [0.3, 0.4) is 0 Å². The first-order valence-electron chi connectivity index (χ1n) is 7.56. The molecular weight excluding hydrogens is 374 g/mol. The monoisotopic (exact) mass is 385 g/mol. The largest absolute Gasteiger partial charge is 0.469 e. The fraction of sp³-hybridized carbons (Fsp3) is 0.0667. The summed E-state index contributed by atoms with van der Waals surface area (Å²) in [5, 5.41) is 19.4. The molecule has 0 aromatic carbocycles. The summed E-state index contributed by atoms with van der Waals surface area (Å²) in [6.45, 7) is 1.74. The van der Waals surface area contributed by atoms with Crippen molar-refractivity contribution in [2.24, 2.45) is 0 Å². The quantitative estimate of drug-likeness (QED) is 0.239. The number of nitrogens with two attached hydrogens (primary N) is 1. The summed E-state index contributed by atoms with van der Waals surface area (Å²) in [4.78, 5) is 27.4. The van der Waals surface area contributed by atoms with Crippen molar-refractivity contribution in [1.29, 1.82) is 0 Å². The van der Waals surface area contributed by atoms with E-state index >= 15 is 0 Å². The molecule has 0 bridgehead atoms. The first-order chi connectivity index (χ1) is 13.0. The maximum Gasteiger partial charge on any atom is 0.366 e. The molecule has 0 saturated heterocycles. The molecule has 4 aromatic rings. The Labute approximate surface area is 154 Å². The average molecular weight is 385 g/mol. The normalized spacial score (nSPS) is 11.1. The van der Waals surface area contributed by atoms with E-state index in [0.29, 0.717) is 17.1 Å². The Morgan fingerprint density at radius 1 is 1.30 bits per heavy atom. The number of hydrogen-bond acceptors (Lipinski definition) is 9. The van der Waals surface area contributed by atoms with Gasteiger partial charge in [-0.3, -0.25) is 19.3 Å². The molecule has 11 nitrogen and oxygen atoms in total. The van der Waals surface area contributed by atoms with Crippen LogP contribution in [0.4, 0.5) is 5.69 Å². The predicted molar refractivity (Wildman–Crippen MR) is 94.9 cm³/mol. The van der Waals surface area contributed by atoms with Crippen LogP contribution < -0.4 is 11.4 Å². The lowest BCUT2D eigenvalue weighted by Gasteiger charge is -2.05. The van der Waals surface area contributed by atoms with Gasteiger partial charge in [-0.2, -0.15) is 0 Å². The lowest BCUT2D eigenvalue weighted by molar-refractivity contribution is -0.389. The zero-order valence-corrected chi connectivity index (χ0v) is 14.6. The molecule has 0 aliphatic heterocycles. The van der Waals surface area contributed by atoms with E-state index in [-0.39, 0.29) is 15.8 Å². The number of aromatic nitrogens is 5. The van der Waals surface area contributed by atoms with Gasteiger partial charge in [-0.15, -0.1) is 10.2 Å². The highest BCUT2D eigenvalue weighted by atomic mass is 32.2. The van der Waals surface area contributed by atoms with Crippen LogP contribution in [0, 0.1) is 17.0 Å². The van der Waals surface area contributed by atoms with Gasteiger partial charge in [-0.1, -0.05) is 6.07 Å². The Morgan fingerprint density at radius 3 is 2.81 bits per heavy atom. The molecule has 0 amide bonds. The van der Waals surface area contributed by atoms with Crippen molar-refractivity contribution in [2.75, 3.05) is 5.84 Å². The highest BCUT2D eigenvalue weighted by Gasteiger charge is 2.26. The molecule has 0 aliphatic rings. The van der Waals surface area contributed by atoms with Crippen LogP contribution >= 0.6 is 11.8 Å². The highest BCUT2D eigenvalue weighted by molar-refractivity contribution is 7.99. The minimum Gasteiger partial charge on any atom is -0.469 e. The molecule has 0 aliphatic carbocycles. The van der Waals surface area contributed by atoms with Gasteiger partial charge < -0.3 is 10.3 Å². The lowest BCUT2D eigenvalue weighted by Crippen LogP contribution is -2.20. The van der Waals surface area contributed by atoms with Crippen molar-refractivity contribution in [3.63, 3.8) is 0 Å². The van der Waals surface area contributed by atoms with Gasteiger partial charge in [0.1, 0.15) is 11.4 Å². The lowest BCUT2D eigenvalue weighted by atomic mass is 10.2. The van der Waals surface area contributed by atoms with E-state index in [4.69, 9.17) is 10.3 Å². The second kappa shape index (κ2) is 6.25. The Morgan fingerprint density at radius 2 is 2.11 bits per heavy atom. The van der Waals surface area contributed by atoms with Crippen molar-refractivity contribution >= 4 is 23.1 Å². The summed E-state index contributed by atoms with van der Waals surface area (Å²) in [6, 6.07) is 6.51. The maximum atomic E-state index is 12.5. The van der Waals surface area contributed by atoms with E-state index in [0.717, 1.165) is 16.2 Å². The zero-order valence-electron chi connectivity index (χ0n) is 13.8. The zero-order chi connectivity index (χ0) is 19.1. The van der Waals surface area contributed by atoms with Gasteiger partial charge in [0.2, 0.25) is 5.16 Å². The Balaban J connectivity index is 1.84.